The Hall–Kier alpha value is -2.32. The number of aromatic nitrogens is 2. The standard InChI is InChI=1S/C21H32N4O4/c1-15(13-25-10-6-7-11-25)12-24(2)14-18-22-21(23-29-18)16-8-9-17(26-3)20(28-5)19(16)27-4/h8-9,15H,6-7,10-14H2,1-5H3. The Morgan fingerprint density at radius 3 is 2.48 bits per heavy atom. The second-order valence-corrected chi connectivity index (χ2v) is 7.70. The molecule has 0 amide bonds. The van der Waals surface area contributed by atoms with Crippen LogP contribution < -0.4 is 14.2 Å². The first kappa shape index (κ1) is 21.4. The number of methoxy groups -OCH3 is 3. The molecule has 1 atom stereocenters. The van der Waals surface area contributed by atoms with Crippen molar-refractivity contribution in [1.29, 1.82) is 0 Å². The summed E-state index contributed by atoms with van der Waals surface area (Å²) in [6.07, 6.45) is 2.65. The molecule has 0 aliphatic carbocycles. The van der Waals surface area contributed by atoms with E-state index in [0.717, 1.165) is 13.1 Å². The molecule has 1 aliphatic rings. The highest BCUT2D eigenvalue weighted by atomic mass is 16.5. The Bertz CT molecular complexity index is 789. The monoisotopic (exact) mass is 404 g/mol. The zero-order valence-corrected chi connectivity index (χ0v) is 18.1. The van der Waals surface area contributed by atoms with Gasteiger partial charge in [-0.05, 0) is 51.0 Å². The topological polar surface area (TPSA) is 73.1 Å². The van der Waals surface area contributed by atoms with Gasteiger partial charge in [0.05, 0.1) is 33.4 Å². The Kier molecular flexibility index (Phi) is 7.33. The zero-order chi connectivity index (χ0) is 20.8. The third-order valence-corrected chi connectivity index (χ3v) is 5.21. The third-order valence-electron chi connectivity index (χ3n) is 5.21. The van der Waals surface area contributed by atoms with E-state index in [4.69, 9.17) is 18.7 Å². The highest BCUT2D eigenvalue weighted by Gasteiger charge is 2.21. The maximum Gasteiger partial charge on any atom is 0.241 e. The predicted octanol–water partition coefficient (Wildman–Crippen LogP) is 2.93. The molecule has 2 heterocycles. The van der Waals surface area contributed by atoms with E-state index >= 15 is 0 Å². The van der Waals surface area contributed by atoms with Gasteiger partial charge in [0, 0.05) is 13.1 Å². The van der Waals surface area contributed by atoms with Crippen molar-refractivity contribution >= 4 is 0 Å². The maximum absolute atomic E-state index is 5.53. The molecule has 2 aromatic rings. The Morgan fingerprint density at radius 1 is 1.10 bits per heavy atom. The largest absolute Gasteiger partial charge is 0.493 e. The number of benzene rings is 1. The summed E-state index contributed by atoms with van der Waals surface area (Å²) in [6, 6.07) is 3.65. The van der Waals surface area contributed by atoms with Crippen LogP contribution in [-0.2, 0) is 6.54 Å². The number of likely N-dealkylation sites (tertiary alicyclic amines) is 1. The van der Waals surface area contributed by atoms with Gasteiger partial charge < -0.3 is 23.6 Å². The van der Waals surface area contributed by atoms with Gasteiger partial charge in [0.15, 0.2) is 11.5 Å². The first-order valence-electron chi connectivity index (χ1n) is 10.1. The van der Waals surface area contributed by atoms with Crippen LogP contribution in [0.3, 0.4) is 0 Å². The molecular formula is C21H32N4O4. The van der Waals surface area contributed by atoms with E-state index in [1.807, 2.05) is 6.07 Å². The van der Waals surface area contributed by atoms with Crippen molar-refractivity contribution in [3.8, 4) is 28.6 Å². The quantitative estimate of drug-likeness (QED) is 0.599. The molecule has 160 valence electrons. The molecule has 1 aromatic carbocycles. The summed E-state index contributed by atoms with van der Waals surface area (Å²) >= 11 is 0. The number of rotatable bonds is 10. The predicted molar refractivity (Wildman–Crippen MR) is 111 cm³/mol. The van der Waals surface area contributed by atoms with Crippen molar-refractivity contribution in [2.24, 2.45) is 5.92 Å². The Morgan fingerprint density at radius 2 is 1.83 bits per heavy atom. The smallest absolute Gasteiger partial charge is 0.241 e. The summed E-state index contributed by atoms with van der Waals surface area (Å²) in [5, 5.41) is 4.14. The van der Waals surface area contributed by atoms with Crippen LogP contribution in [0.1, 0.15) is 25.7 Å². The van der Waals surface area contributed by atoms with Crippen LogP contribution in [0.2, 0.25) is 0 Å². The lowest BCUT2D eigenvalue weighted by Crippen LogP contribution is -2.32. The number of nitrogens with zero attached hydrogens (tertiary/aromatic N) is 4. The van der Waals surface area contributed by atoms with E-state index in [-0.39, 0.29) is 0 Å². The summed E-state index contributed by atoms with van der Waals surface area (Å²) in [7, 11) is 6.83. The lowest BCUT2D eigenvalue weighted by molar-refractivity contribution is 0.204. The molecule has 0 spiro atoms. The lowest BCUT2D eigenvalue weighted by atomic mass is 10.1. The molecule has 29 heavy (non-hydrogen) atoms. The van der Waals surface area contributed by atoms with Gasteiger partial charge in [-0.3, -0.25) is 4.90 Å². The molecule has 1 aliphatic heterocycles. The highest BCUT2D eigenvalue weighted by Crippen LogP contribution is 2.43. The van der Waals surface area contributed by atoms with Crippen molar-refractivity contribution in [3.63, 3.8) is 0 Å². The van der Waals surface area contributed by atoms with Crippen LogP contribution in [0.25, 0.3) is 11.4 Å². The Balaban J connectivity index is 1.66. The molecule has 0 bridgehead atoms. The molecule has 0 saturated carbocycles. The van der Waals surface area contributed by atoms with E-state index in [0.29, 0.717) is 47.0 Å². The van der Waals surface area contributed by atoms with Gasteiger partial charge in [0.1, 0.15) is 0 Å². The van der Waals surface area contributed by atoms with E-state index in [1.165, 1.54) is 25.9 Å². The van der Waals surface area contributed by atoms with Crippen molar-refractivity contribution in [3.05, 3.63) is 18.0 Å². The summed E-state index contributed by atoms with van der Waals surface area (Å²) in [6.45, 7) is 7.48. The van der Waals surface area contributed by atoms with Crippen LogP contribution >= 0.6 is 0 Å². The molecule has 8 nitrogen and oxygen atoms in total. The van der Waals surface area contributed by atoms with Crippen LogP contribution in [0.4, 0.5) is 0 Å². The summed E-state index contributed by atoms with van der Waals surface area (Å²) in [4.78, 5) is 9.34. The zero-order valence-electron chi connectivity index (χ0n) is 18.1. The fourth-order valence-electron chi connectivity index (χ4n) is 4.00. The average molecular weight is 405 g/mol. The van der Waals surface area contributed by atoms with E-state index in [9.17, 15) is 0 Å². The number of hydrogen-bond donors (Lipinski definition) is 0. The minimum Gasteiger partial charge on any atom is -0.493 e. The first-order valence-corrected chi connectivity index (χ1v) is 10.1. The van der Waals surface area contributed by atoms with E-state index < -0.39 is 0 Å². The molecule has 1 fully saturated rings. The van der Waals surface area contributed by atoms with Crippen LogP contribution in [0.15, 0.2) is 16.7 Å². The van der Waals surface area contributed by atoms with Gasteiger partial charge in [0.25, 0.3) is 0 Å². The molecule has 1 saturated heterocycles. The van der Waals surface area contributed by atoms with Crippen molar-refractivity contribution in [2.45, 2.75) is 26.3 Å². The number of ether oxygens (including phenoxy) is 3. The van der Waals surface area contributed by atoms with Crippen LogP contribution in [0.5, 0.6) is 17.2 Å². The third kappa shape index (κ3) is 5.19. The summed E-state index contributed by atoms with van der Waals surface area (Å²) in [5.74, 6) is 3.25. The molecule has 1 aromatic heterocycles. The summed E-state index contributed by atoms with van der Waals surface area (Å²) < 4.78 is 21.8. The second-order valence-electron chi connectivity index (χ2n) is 7.70. The number of hydrogen-bond acceptors (Lipinski definition) is 8. The van der Waals surface area contributed by atoms with Crippen molar-refractivity contribution < 1.29 is 18.7 Å². The minimum atomic E-state index is 0.469. The van der Waals surface area contributed by atoms with Gasteiger partial charge in [-0.25, -0.2) is 0 Å². The average Bonchev–Trinajstić information content (AvgIpc) is 3.38. The molecule has 0 radical (unpaired) electrons. The van der Waals surface area contributed by atoms with Gasteiger partial charge in [-0.1, -0.05) is 12.1 Å². The fourth-order valence-corrected chi connectivity index (χ4v) is 4.00. The SMILES string of the molecule is COc1ccc(-c2noc(CN(C)CC(C)CN3CCCC3)n2)c(OC)c1OC. The minimum absolute atomic E-state index is 0.469. The first-order chi connectivity index (χ1) is 14.0. The Labute approximate surface area is 172 Å². The van der Waals surface area contributed by atoms with Gasteiger partial charge in [-0.2, -0.15) is 4.98 Å². The van der Waals surface area contributed by atoms with Crippen molar-refractivity contribution in [1.82, 2.24) is 19.9 Å². The van der Waals surface area contributed by atoms with Gasteiger partial charge in [0.2, 0.25) is 17.5 Å². The maximum atomic E-state index is 5.53. The molecule has 1 unspecified atom stereocenters. The highest BCUT2D eigenvalue weighted by molar-refractivity contribution is 5.71. The lowest BCUT2D eigenvalue weighted by Gasteiger charge is -2.24. The van der Waals surface area contributed by atoms with E-state index in [2.05, 4.69) is 33.9 Å². The van der Waals surface area contributed by atoms with E-state index in [1.54, 1.807) is 27.4 Å². The van der Waals surface area contributed by atoms with Gasteiger partial charge in [-0.15, -0.1) is 0 Å². The molecule has 0 N–H and O–H groups in total. The fraction of sp³-hybridized carbons (Fsp3) is 0.619. The van der Waals surface area contributed by atoms with Crippen LogP contribution in [0, 0.1) is 5.92 Å². The van der Waals surface area contributed by atoms with Crippen molar-refractivity contribution in [2.75, 3.05) is 54.6 Å². The second kappa shape index (κ2) is 9.93. The molecule has 8 heteroatoms. The molecule has 3 rings (SSSR count). The normalized spacial score (nSPS) is 15.7. The van der Waals surface area contributed by atoms with Gasteiger partial charge >= 0.3 is 0 Å². The van der Waals surface area contributed by atoms with Crippen LogP contribution in [-0.4, -0.2) is 74.5 Å². The summed E-state index contributed by atoms with van der Waals surface area (Å²) in [5.41, 5.74) is 0.699. The molecular weight excluding hydrogens is 372 g/mol.